The van der Waals surface area contributed by atoms with E-state index in [2.05, 4.69) is 35.8 Å². The molecule has 0 aliphatic heterocycles. The van der Waals surface area contributed by atoms with Crippen LogP contribution in [-0.4, -0.2) is 30.7 Å². The molecule has 9 heteroatoms. The average molecular weight is 347 g/mol. The Balaban J connectivity index is 2.29. The molecule has 0 saturated carbocycles. The van der Waals surface area contributed by atoms with Crippen molar-refractivity contribution in [3.63, 3.8) is 0 Å². The highest BCUT2D eigenvalue weighted by Crippen LogP contribution is 2.21. The Labute approximate surface area is 118 Å². The second kappa shape index (κ2) is 5.17. The van der Waals surface area contributed by atoms with Gasteiger partial charge in [-0.05, 0) is 30.7 Å². The Morgan fingerprint density at radius 2 is 2.16 bits per heavy atom. The van der Waals surface area contributed by atoms with Gasteiger partial charge in [0.1, 0.15) is 0 Å². The first-order valence-electron chi connectivity index (χ1n) is 5.18. The quantitative estimate of drug-likeness (QED) is 0.877. The van der Waals surface area contributed by atoms with Crippen LogP contribution in [-0.2, 0) is 10.0 Å². The molecule has 0 bridgehead atoms. The zero-order chi connectivity index (χ0) is 14.0. The first-order valence-corrected chi connectivity index (χ1v) is 7.45. The van der Waals surface area contributed by atoms with Gasteiger partial charge < -0.3 is 4.74 Å². The highest BCUT2D eigenvalue weighted by Gasteiger charge is 2.17. The number of hydrogen-bond acceptors (Lipinski definition) is 5. The molecular weight excluding hydrogens is 336 g/mol. The molecule has 0 atom stereocenters. The Morgan fingerprint density at radius 1 is 1.42 bits per heavy atom. The van der Waals surface area contributed by atoms with Crippen LogP contribution in [0.1, 0.15) is 5.56 Å². The van der Waals surface area contributed by atoms with Gasteiger partial charge in [0.25, 0.3) is 10.0 Å². The van der Waals surface area contributed by atoms with E-state index in [1.807, 2.05) is 0 Å². The monoisotopic (exact) mass is 346 g/mol. The molecule has 0 saturated heterocycles. The van der Waals surface area contributed by atoms with E-state index in [0.717, 1.165) is 10.0 Å². The van der Waals surface area contributed by atoms with E-state index in [-0.39, 0.29) is 16.9 Å². The SMILES string of the molecule is COc1n[nH]c(NS(=O)(=O)c2ccc(Br)c(C)c2)n1. The van der Waals surface area contributed by atoms with E-state index in [0.29, 0.717) is 0 Å². The Kier molecular flexibility index (Phi) is 3.76. The number of sulfonamides is 1. The number of rotatable bonds is 4. The van der Waals surface area contributed by atoms with Crippen molar-refractivity contribution in [3.8, 4) is 6.01 Å². The van der Waals surface area contributed by atoms with Crippen molar-refractivity contribution >= 4 is 31.9 Å². The number of halogens is 1. The number of hydrogen-bond donors (Lipinski definition) is 2. The van der Waals surface area contributed by atoms with Crippen molar-refractivity contribution < 1.29 is 13.2 Å². The highest BCUT2D eigenvalue weighted by atomic mass is 79.9. The largest absolute Gasteiger partial charge is 0.466 e. The van der Waals surface area contributed by atoms with Crippen molar-refractivity contribution in [1.82, 2.24) is 15.2 Å². The normalized spacial score (nSPS) is 11.3. The summed E-state index contributed by atoms with van der Waals surface area (Å²) in [6, 6.07) is 4.78. The van der Waals surface area contributed by atoms with Crippen molar-refractivity contribution in [3.05, 3.63) is 28.2 Å². The molecule has 0 amide bonds. The van der Waals surface area contributed by atoms with Gasteiger partial charge >= 0.3 is 6.01 Å². The van der Waals surface area contributed by atoms with Crippen molar-refractivity contribution in [1.29, 1.82) is 0 Å². The molecule has 0 spiro atoms. The minimum Gasteiger partial charge on any atom is -0.466 e. The van der Waals surface area contributed by atoms with Crippen LogP contribution < -0.4 is 9.46 Å². The van der Waals surface area contributed by atoms with Crippen LogP contribution in [0.3, 0.4) is 0 Å². The summed E-state index contributed by atoms with van der Waals surface area (Å²) >= 11 is 3.32. The lowest BCUT2D eigenvalue weighted by Gasteiger charge is -2.06. The molecule has 2 N–H and O–H groups in total. The molecule has 19 heavy (non-hydrogen) atoms. The van der Waals surface area contributed by atoms with Gasteiger partial charge in [0.05, 0.1) is 12.0 Å². The molecule has 0 unspecified atom stereocenters. The zero-order valence-corrected chi connectivity index (χ0v) is 12.5. The predicted octanol–water partition coefficient (Wildman–Crippen LogP) is 1.69. The number of anilines is 1. The summed E-state index contributed by atoms with van der Waals surface area (Å²) in [4.78, 5) is 3.93. The first kappa shape index (κ1) is 13.8. The molecular formula is C10H11BrN4O3S. The molecule has 2 aromatic rings. The van der Waals surface area contributed by atoms with Crippen molar-refractivity contribution in [2.75, 3.05) is 11.8 Å². The van der Waals surface area contributed by atoms with E-state index >= 15 is 0 Å². The number of aromatic amines is 1. The average Bonchev–Trinajstić information content (AvgIpc) is 2.79. The van der Waals surface area contributed by atoms with Crippen LogP contribution in [0.25, 0.3) is 0 Å². The van der Waals surface area contributed by atoms with Gasteiger partial charge in [0.2, 0.25) is 5.95 Å². The predicted molar refractivity (Wildman–Crippen MR) is 72.6 cm³/mol. The summed E-state index contributed by atoms with van der Waals surface area (Å²) in [5, 5.41) is 6.07. The van der Waals surface area contributed by atoms with Crippen LogP contribution >= 0.6 is 15.9 Å². The first-order chi connectivity index (χ1) is 8.92. The fraction of sp³-hybridized carbons (Fsp3) is 0.200. The van der Waals surface area contributed by atoms with Gasteiger partial charge in [-0.15, -0.1) is 5.10 Å². The number of nitrogens with zero attached hydrogens (tertiary/aromatic N) is 2. The van der Waals surface area contributed by atoms with E-state index in [9.17, 15) is 8.42 Å². The summed E-state index contributed by atoms with van der Waals surface area (Å²) in [5.74, 6) is -0.00239. The maximum absolute atomic E-state index is 12.1. The molecule has 0 aliphatic carbocycles. The molecule has 7 nitrogen and oxygen atoms in total. The topological polar surface area (TPSA) is 97.0 Å². The number of H-pyrrole nitrogens is 1. The third kappa shape index (κ3) is 3.04. The lowest BCUT2D eigenvalue weighted by Crippen LogP contribution is -2.14. The second-order valence-electron chi connectivity index (χ2n) is 3.69. The molecule has 1 aromatic carbocycles. The number of aromatic nitrogens is 3. The number of benzene rings is 1. The van der Waals surface area contributed by atoms with Gasteiger partial charge in [0, 0.05) is 4.47 Å². The van der Waals surface area contributed by atoms with Crippen LogP contribution in [0.4, 0.5) is 5.95 Å². The third-order valence-electron chi connectivity index (χ3n) is 2.32. The minimum absolute atomic E-state index is 0.00239. The van der Waals surface area contributed by atoms with Gasteiger partial charge in [-0.3, -0.25) is 0 Å². The van der Waals surface area contributed by atoms with Gasteiger partial charge in [-0.2, -0.15) is 4.98 Å². The maximum atomic E-state index is 12.1. The minimum atomic E-state index is -3.71. The molecule has 2 rings (SSSR count). The summed E-state index contributed by atoms with van der Waals surface area (Å²) < 4.78 is 32.1. The number of ether oxygens (including phenoxy) is 1. The van der Waals surface area contributed by atoms with Crippen molar-refractivity contribution in [2.24, 2.45) is 0 Å². The second-order valence-corrected chi connectivity index (χ2v) is 6.22. The fourth-order valence-corrected chi connectivity index (χ4v) is 2.64. The van der Waals surface area contributed by atoms with Crippen LogP contribution in [0.2, 0.25) is 0 Å². The van der Waals surface area contributed by atoms with E-state index in [1.54, 1.807) is 19.1 Å². The number of methoxy groups -OCH3 is 1. The Morgan fingerprint density at radius 3 is 2.74 bits per heavy atom. The van der Waals surface area contributed by atoms with Gasteiger partial charge in [0.15, 0.2) is 0 Å². The lowest BCUT2D eigenvalue weighted by molar-refractivity contribution is 0.382. The van der Waals surface area contributed by atoms with Crippen LogP contribution in [0.15, 0.2) is 27.6 Å². The summed E-state index contributed by atoms with van der Waals surface area (Å²) in [7, 11) is -2.32. The Bertz CT molecular complexity index is 699. The smallest absolute Gasteiger partial charge is 0.336 e. The summed E-state index contributed by atoms with van der Waals surface area (Å²) in [5.41, 5.74) is 0.818. The van der Waals surface area contributed by atoms with Gasteiger partial charge in [-0.1, -0.05) is 15.9 Å². The van der Waals surface area contributed by atoms with E-state index in [1.165, 1.54) is 13.2 Å². The third-order valence-corrected chi connectivity index (χ3v) is 4.54. The van der Waals surface area contributed by atoms with E-state index < -0.39 is 10.0 Å². The standard InChI is InChI=1S/C10H11BrN4O3S/c1-6-5-7(3-4-8(6)11)19(16,17)15-9-12-10(18-2)14-13-9/h3-5H,1-2H3,(H2,12,13,14,15). The van der Waals surface area contributed by atoms with Crippen molar-refractivity contribution in [2.45, 2.75) is 11.8 Å². The van der Waals surface area contributed by atoms with E-state index in [4.69, 9.17) is 4.74 Å². The fourth-order valence-electron chi connectivity index (χ4n) is 1.35. The molecule has 1 heterocycles. The molecule has 1 aromatic heterocycles. The maximum Gasteiger partial charge on any atom is 0.336 e. The van der Waals surface area contributed by atoms with Crippen LogP contribution in [0, 0.1) is 6.92 Å². The number of aryl methyl sites for hydroxylation is 1. The molecule has 0 fully saturated rings. The Hall–Kier alpha value is -1.61. The molecule has 0 aliphatic rings. The number of nitrogens with one attached hydrogen (secondary N) is 2. The lowest BCUT2D eigenvalue weighted by atomic mass is 10.2. The van der Waals surface area contributed by atoms with Gasteiger partial charge in [-0.25, -0.2) is 18.2 Å². The molecule has 0 radical (unpaired) electrons. The van der Waals surface area contributed by atoms with Crippen LogP contribution in [0.5, 0.6) is 6.01 Å². The molecule has 102 valence electrons. The zero-order valence-electron chi connectivity index (χ0n) is 10.1. The summed E-state index contributed by atoms with van der Waals surface area (Å²) in [6.45, 7) is 1.81. The highest BCUT2D eigenvalue weighted by molar-refractivity contribution is 9.10. The summed E-state index contributed by atoms with van der Waals surface area (Å²) in [6.07, 6.45) is 0.